The number of ether oxygens (including phenoxy) is 5. The molecule has 0 saturated carbocycles. The molecule has 1 aliphatic heterocycles. The average molecular weight is 945 g/mol. The average Bonchev–Trinajstić information content (AvgIpc) is 3.35. The maximum Gasteiger partial charge on any atom is 0.308 e. The number of amides is 2. The third-order valence-electron chi connectivity index (χ3n) is 11.9. The molecule has 0 spiro atoms. The molecule has 374 valence electrons. The molecule has 2 amide bonds. The first kappa shape index (κ1) is 55.4. The molecule has 5 atom stereocenters. The second kappa shape index (κ2) is 33.4. The molecule has 1 heterocycles. The minimum atomic E-state index is -1.56. The Hall–Kier alpha value is -5.15. The van der Waals surface area contributed by atoms with Gasteiger partial charge in [-0.2, -0.15) is 0 Å². The van der Waals surface area contributed by atoms with Gasteiger partial charge in [-0.1, -0.05) is 169 Å². The number of carbonyl (C=O) groups is 5. The normalized spacial score (nSPS) is 17.9. The van der Waals surface area contributed by atoms with Crippen LogP contribution in [0.2, 0.25) is 0 Å². The predicted octanol–water partition coefficient (Wildman–Crippen LogP) is 8.59. The van der Waals surface area contributed by atoms with Crippen LogP contribution in [0.15, 0.2) is 91.0 Å². The van der Waals surface area contributed by atoms with Crippen LogP contribution in [0.5, 0.6) is 0 Å². The standard InChI is InChI=1S/C54H76N2O12/c1-2-3-4-5-6-7-8-9-10-13-25-34-47(59)68-52-50(56-46(58)33-24-12-11-14-26-35-55-53(63)43-31-22-17-23-32-43)54(67-45(38-57)51(52)62)66-44(36-48(60)64-39-41-27-18-15-19-28-41)37-49(61)65-40-42-29-20-16-21-30-42/h15-23,27-32,44-45,50-52,54,57,62H,2-14,24-26,33-40H2,1H3,(H,55,63)(H,56,58)/t45-,50+,51-,52-,54+/m1/s1. The fraction of sp³-hybridized carbons (Fsp3) is 0.574. The van der Waals surface area contributed by atoms with Crippen LogP contribution < -0.4 is 10.6 Å². The Morgan fingerprint density at radius 3 is 1.63 bits per heavy atom. The van der Waals surface area contributed by atoms with Gasteiger partial charge in [0, 0.05) is 24.9 Å². The van der Waals surface area contributed by atoms with Crippen molar-refractivity contribution in [2.24, 2.45) is 0 Å². The Balaban J connectivity index is 1.41. The summed E-state index contributed by atoms with van der Waals surface area (Å²) in [6.45, 7) is 2.01. The van der Waals surface area contributed by atoms with Crippen LogP contribution in [0, 0.1) is 0 Å². The zero-order valence-corrected chi connectivity index (χ0v) is 40.1. The molecule has 0 aromatic heterocycles. The maximum atomic E-state index is 13.7. The molecule has 1 saturated heterocycles. The molecule has 4 N–H and O–H groups in total. The lowest BCUT2D eigenvalue weighted by molar-refractivity contribution is -0.285. The highest BCUT2D eigenvalue weighted by Crippen LogP contribution is 2.28. The number of hydrogen-bond acceptors (Lipinski definition) is 12. The molecule has 1 aliphatic rings. The number of esters is 3. The van der Waals surface area contributed by atoms with E-state index in [1.165, 1.54) is 38.5 Å². The molecule has 3 aromatic carbocycles. The lowest BCUT2D eigenvalue weighted by Crippen LogP contribution is -2.66. The molecule has 4 rings (SSSR count). The van der Waals surface area contributed by atoms with Crippen molar-refractivity contribution in [3.8, 4) is 0 Å². The second-order valence-electron chi connectivity index (χ2n) is 17.6. The van der Waals surface area contributed by atoms with Crippen LogP contribution in [0.4, 0.5) is 0 Å². The molecule has 0 bridgehead atoms. The van der Waals surface area contributed by atoms with E-state index in [2.05, 4.69) is 17.6 Å². The number of nitrogens with one attached hydrogen (secondary N) is 2. The lowest BCUT2D eigenvalue weighted by atomic mass is 9.96. The Labute approximate surface area is 403 Å². The molecule has 68 heavy (non-hydrogen) atoms. The molecular formula is C54H76N2O12. The van der Waals surface area contributed by atoms with Gasteiger partial charge < -0.3 is 44.5 Å². The summed E-state index contributed by atoms with van der Waals surface area (Å²) < 4.78 is 29.4. The highest BCUT2D eigenvalue weighted by Gasteiger charge is 2.49. The second-order valence-corrected chi connectivity index (χ2v) is 17.6. The number of carbonyl (C=O) groups excluding carboxylic acids is 5. The smallest absolute Gasteiger partial charge is 0.308 e. The summed E-state index contributed by atoms with van der Waals surface area (Å²) in [7, 11) is 0. The SMILES string of the molecule is CCCCCCCCCCCCCC(=O)O[C@H]1[C@H](O)[C@@H](CO)O[C@H](OC(CC(=O)OCc2ccccc2)CC(=O)OCc2ccccc2)[C@H]1NC(=O)CCCCCCCNC(=O)c1ccccc1. The van der Waals surface area contributed by atoms with E-state index in [9.17, 15) is 34.2 Å². The van der Waals surface area contributed by atoms with Gasteiger partial charge in [-0.25, -0.2) is 0 Å². The van der Waals surface area contributed by atoms with Crippen LogP contribution >= 0.6 is 0 Å². The van der Waals surface area contributed by atoms with Crippen molar-refractivity contribution in [1.82, 2.24) is 10.6 Å². The van der Waals surface area contributed by atoms with Gasteiger partial charge >= 0.3 is 17.9 Å². The van der Waals surface area contributed by atoms with Crippen LogP contribution in [0.3, 0.4) is 0 Å². The highest BCUT2D eigenvalue weighted by atomic mass is 16.7. The molecule has 14 heteroatoms. The van der Waals surface area contributed by atoms with E-state index >= 15 is 0 Å². The van der Waals surface area contributed by atoms with Gasteiger partial charge in [0.25, 0.3) is 5.91 Å². The Kier molecular flexibility index (Phi) is 27.2. The van der Waals surface area contributed by atoms with Gasteiger partial charge in [0.05, 0.1) is 25.6 Å². The first-order chi connectivity index (χ1) is 33.2. The summed E-state index contributed by atoms with van der Waals surface area (Å²) in [6, 6.07) is 25.9. The first-order valence-electron chi connectivity index (χ1n) is 25.0. The Morgan fingerprint density at radius 2 is 1.10 bits per heavy atom. The van der Waals surface area contributed by atoms with Crippen LogP contribution in [0.1, 0.15) is 157 Å². The fourth-order valence-electron chi connectivity index (χ4n) is 8.04. The van der Waals surface area contributed by atoms with Crippen molar-refractivity contribution in [3.05, 3.63) is 108 Å². The van der Waals surface area contributed by atoms with Crippen molar-refractivity contribution < 1.29 is 57.9 Å². The molecule has 3 aromatic rings. The number of unbranched alkanes of at least 4 members (excludes halogenated alkanes) is 14. The van der Waals surface area contributed by atoms with E-state index in [1.807, 2.05) is 54.6 Å². The van der Waals surface area contributed by atoms with Gasteiger partial charge in [-0.05, 0) is 42.5 Å². The van der Waals surface area contributed by atoms with Crippen LogP contribution in [-0.2, 0) is 56.1 Å². The van der Waals surface area contributed by atoms with Gasteiger partial charge in [-0.15, -0.1) is 0 Å². The quantitative estimate of drug-likeness (QED) is 0.0253. The third-order valence-corrected chi connectivity index (χ3v) is 11.9. The van der Waals surface area contributed by atoms with Crippen molar-refractivity contribution in [3.63, 3.8) is 0 Å². The van der Waals surface area contributed by atoms with E-state index in [0.717, 1.165) is 62.5 Å². The minimum absolute atomic E-state index is 0.0236. The van der Waals surface area contributed by atoms with Crippen LogP contribution in [0.25, 0.3) is 0 Å². The van der Waals surface area contributed by atoms with E-state index in [-0.39, 0.29) is 32.0 Å². The first-order valence-corrected chi connectivity index (χ1v) is 25.0. The Bertz CT molecular complexity index is 1810. The summed E-state index contributed by atoms with van der Waals surface area (Å²) in [6.07, 6.45) is 8.20. The monoisotopic (exact) mass is 945 g/mol. The zero-order chi connectivity index (χ0) is 48.6. The van der Waals surface area contributed by atoms with E-state index in [1.54, 1.807) is 36.4 Å². The van der Waals surface area contributed by atoms with E-state index in [4.69, 9.17) is 23.7 Å². The topological polar surface area (TPSA) is 196 Å². The number of aliphatic hydroxyl groups excluding tert-OH is 2. The molecule has 0 radical (unpaired) electrons. The molecule has 0 unspecified atom stereocenters. The van der Waals surface area contributed by atoms with Crippen LogP contribution in [-0.4, -0.2) is 89.8 Å². The van der Waals surface area contributed by atoms with Crippen molar-refractivity contribution in [2.75, 3.05) is 13.2 Å². The summed E-state index contributed by atoms with van der Waals surface area (Å²) in [5.41, 5.74) is 2.11. The molecule has 1 fully saturated rings. The van der Waals surface area contributed by atoms with E-state index in [0.29, 0.717) is 24.9 Å². The number of benzene rings is 3. The van der Waals surface area contributed by atoms with E-state index < -0.39 is 80.0 Å². The maximum absolute atomic E-state index is 13.7. The minimum Gasteiger partial charge on any atom is -0.461 e. The summed E-state index contributed by atoms with van der Waals surface area (Å²) in [5.74, 6) is -2.50. The molecule has 0 aliphatic carbocycles. The zero-order valence-electron chi connectivity index (χ0n) is 40.1. The number of hydrogen-bond donors (Lipinski definition) is 4. The van der Waals surface area contributed by atoms with Gasteiger partial charge in [0.15, 0.2) is 12.4 Å². The van der Waals surface area contributed by atoms with Gasteiger partial charge in [0.1, 0.15) is 31.5 Å². The number of aliphatic hydroxyl groups is 2. The number of rotatable bonds is 34. The van der Waals surface area contributed by atoms with Gasteiger partial charge in [0.2, 0.25) is 5.91 Å². The summed E-state index contributed by atoms with van der Waals surface area (Å²) in [4.78, 5) is 66.1. The molecule has 14 nitrogen and oxygen atoms in total. The lowest BCUT2D eigenvalue weighted by Gasteiger charge is -2.44. The Morgan fingerprint density at radius 1 is 0.618 bits per heavy atom. The highest BCUT2D eigenvalue weighted by molar-refractivity contribution is 5.94. The largest absolute Gasteiger partial charge is 0.461 e. The predicted molar refractivity (Wildman–Crippen MR) is 258 cm³/mol. The third kappa shape index (κ3) is 22.3. The summed E-state index contributed by atoms with van der Waals surface area (Å²) in [5, 5.41) is 27.6. The van der Waals surface area contributed by atoms with Crippen molar-refractivity contribution >= 4 is 29.7 Å². The molecular weight excluding hydrogens is 869 g/mol. The van der Waals surface area contributed by atoms with Crippen molar-refractivity contribution in [2.45, 2.75) is 185 Å². The fourth-order valence-corrected chi connectivity index (χ4v) is 8.04. The summed E-state index contributed by atoms with van der Waals surface area (Å²) >= 11 is 0. The van der Waals surface area contributed by atoms with Crippen molar-refractivity contribution in [1.29, 1.82) is 0 Å². The van der Waals surface area contributed by atoms with Gasteiger partial charge in [-0.3, -0.25) is 24.0 Å².